The van der Waals surface area contributed by atoms with Gasteiger partial charge in [-0.2, -0.15) is 0 Å². The summed E-state index contributed by atoms with van der Waals surface area (Å²) >= 11 is 3.55. The number of rotatable bonds is 4. The van der Waals surface area contributed by atoms with Crippen molar-refractivity contribution >= 4 is 26.8 Å². The largest absolute Gasteiger partial charge is 0.396 e. The molecule has 0 radical (unpaired) electrons. The molecule has 0 amide bonds. The molecule has 0 unspecified atom stereocenters. The average molecular weight is 344 g/mol. The van der Waals surface area contributed by atoms with Crippen LogP contribution in [0.5, 0.6) is 0 Å². The van der Waals surface area contributed by atoms with E-state index >= 15 is 0 Å². The Labute approximate surface area is 133 Å². The third-order valence-corrected chi connectivity index (χ3v) is 4.24. The smallest absolute Gasteiger partial charge is 0.0498 e. The zero-order chi connectivity index (χ0) is 14.8. The molecule has 0 bridgehead atoms. The SMILES string of the molecule is C[C@H](CO)Cn1cc(-c2ccccc2)c2ccc(Br)cc21. The molecule has 0 aliphatic rings. The molecule has 1 atom stereocenters. The summed E-state index contributed by atoms with van der Waals surface area (Å²) in [6, 6.07) is 16.8. The van der Waals surface area contributed by atoms with Crippen LogP contribution in [0.15, 0.2) is 59.2 Å². The van der Waals surface area contributed by atoms with Crippen molar-refractivity contribution in [1.82, 2.24) is 4.57 Å². The fourth-order valence-corrected chi connectivity index (χ4v) is 3.01. The summed E-state index contributed by atoms with van der Waals surface area (Å²) in [5.74, 6) is 0.239. The Hall–Kier alpha value is -1.58. The van der Waals surface area contributed by atoms with Crippen LogP contribution in [0.1, 0.15) is 6.92 Å². The zero-order valence-corrected chi connectivity index (χ0v) is 13.5. The molecule has 0 aliphatic carbocycles. The van der Waals surface area contributed by atoms with Crippen molar-refractivity contribution < 1.29 is 5.11 Å². The number of aliphatic hydroxyl groups is 1. The lowest BCUT2D eigenvalue weighted by Gasteiger charge is -2.10. The van der Waals surface area contributed by atoms with Crippen LogP contribution in [0.2, 0.25) is 0 Å². The molecule has 21 heavy (non-hydrogen) atoms. The molecule has 0 saturated heterocycles. The second kappa shape index (κ2) is 6.04. The molecular weight excluding hydrogens is 326 g/mol. The molecule has 1 N–H and O–H groups in total. The van der Waals surface area contributed by atoms with Gasteiger partial charge in [0.15, 0.2) is 0 Å². The van der Waals surface area contributed by atoms with Gasteiger partial charge in [0.1, 0.15) is 0 Å². The summed E-state index contributed by atoms with van der Waals surface area (Å²) in [5, 5.41) is 10.6. The van der Waals surface area contributed by atoms with E-state index in [1.165, 1.54) is 22.0 Å². The number of nitrogens with zero attached hydrogens (tertiary/aromatic N) is 1. The third-order valence-electron chi connectivity index (χ3n) is 3.75. The summed E-state index contributed by atoms with van der Waals surface area (Å²) in [7, 11) is 0. The van der Waals surface area contributed by atoms with Crippen LogP contribution >= 0.6 is 15.9 Å². The first-order valence-corrected chi connectivity index (χ1v) is 7.93. The molecule has 1 aromatic heterocycles. The number of aliphatic hydroxyl groups excluding tert-OH is 1. The molecule has 3 rings (SSSR count). The predicted octanol–water partition coefficient (Wildman–Crippen LogP) is 4.70. The van der Waals surface area contributed by atoms with Gasteiger partial charge in [0.2, 0.25) is 0 Å². The van der Waals surface area contributed by atoms with E-state index < -0.39 is 0 Å². The summed E-state index contributed by atoms with van der Waals surface area (Å²) in [4.78, 5) is 0. The number of fused-ring (bicyclic) bond motifs is 1. The monoisotopic (exact) mass is 343 g/mol. The Morgan fingerprint density at radius 3 is 2.62 bits per heavy atom. The van der Waals surface area contributed by atoms with E-state index in [4.69, 9.17) is 0 Å². The van der Waals surface area contributed by atoms with Crippen molar-refractivity contribution in [2.75, 3.05) is 6.61 Å². The normalized spacial score (nSPS) is 12.7. The maximum atomic E-state index is 9.32. The predicted molar refractivity (Wildman–Crippen MR) is 91.3 cm³/mol. The van der Waals surface area contributed by atoms with E-state index in [1.54, 1.807) is 0 Å². The van der Waals surface area contributed by atoms with Crippen LogP contribution in [-0.4, -0.2) is 16.3 Å². The fourth-order valence-electron chi connectivity index (χ4n) is 2.66. The average Bonchev–Trinajstić information content (AvgIpc) is 2.86. The Morgan fingerprint density at radius 1 is 1.14 bits per heavy atom. The third kappa shape index (κ3) is 2.89. The van der Waals surface area contributed by atoms with Gasteiger partial charge in [0, 0.05) is 40.3 Å². The Balaban J connectivity index is 2.17. The Bertz CT molecular complexity index is 749. The number of halogens is 1. The summed E-state index contributed by atoms with van der Waals surface area (Å²) in [5.41, 5.74) is 3.66. The lowest BCUT2D eigenvalue weighted by molar-refractivity contribution is 0.224. The van der Waals surface area contributed by atoms with Crippen LogP contribution in [0.25, 0.3) is 22.0 Å². The van der Waals surface area contributed by atoms with Crippen molar-refractivity contribution in [2.24, 2.45) is 5.92 Å². The Morgan fingerprint density at radius 2 is 1.90 bits per heavy atom. The minimum absolute atomic E-state index is 0.203. The zero-order valence-electron chi connectivity index (χ0n) is 12.0. The van der Waals surface area contributed by atoms with Crippen LogP contribution < -0.4 is 0 Å². The highest BCUT2D eigenvalue weighted by Crippen LogP contribution is 2.32. The molecule has 0 saturated carbocycles. The maximum absolute atomic E-state index is 9.32. The highest BCUT2D eigenvalue weighted by Gasteiger charge is 2.12. The van der Waals surface area contributed by atoms with Gasteiger partial charge in [0.05, 0.1) is 0 Å². The van der Waals surface area contributed by atoms with E-state index in [0.717, 1.165) is 11.0 Å². The van der Waals surface area contributed by atoms with Gasteiger partial charge in [-0.25, -0.2) is 0 Å². The van der Waals surface area contributed by atoms with E-state index in [2.05, 4.69) is 76.1 Å². The molecule has 3 aromatic rings. The quantitative estimate of drug-likeness (QED) is 0.729. The molecule has 1 heterocycles. The van der Waals surface area contributed by atoms with Crippen molar-refractivity contribution in [3.05, 3.63) is 59.2 Å². The second-order valence-electron chi connectivity index (χ2n) is 5.51. The second-order valence-corrected chi connectivity index (χ2v) is 6.43. The molecule has 3 heteroatoms. The van der Waals surface area contributed by atoms with Crippen LogP contribution in [-0.2, 0) is 6.54 Å². The minimum Gasteiger partial charge on any atom is -0.396 e. The topological polar surface area (TPSA) is 25.2 Å². The lowest BCUT2D eigenvalue weighted by Crippen LogP contribution is -2.10. The molecule has 0 aliphatic heterocycles. The summed E-state index contributed by atoms with van der Waals surface area (Å²) in [6.45, 7) is 3.08. The molecule has 2 nitrogen and oxygen atoms in total. The fraction of sp³-hybridized carbons (Fsp3) is 0.222. The molecule has 2 aromatic carbocycles. The van der Waals surface area contributed by atoms with Gasteiger partial charge in [-0.1, -0.05) is 59.3 Å². The number of aromatic nitrogens is 1. The van der Waals surface area contributed by atoms with Gasteiger partial charge < -0.3 is 9.67 Å². The van der Waals surface area contributed by atoms with Crippen LogP contribution in [0.3, 0.4) is 0 Å². The Kier molecular flexibility index (Phi) is 4.13. The minimum atomic E-state index is 0.203. The number of hydrogen-bond donors (Lipinski definition) is 1. The van der Waals surface area contributed by atoms with Crippen molar-refractivity contribution in [3.63, 3.8) is 0 Å². The first-order chi connectivity index (χ1) is 10.2. The molecular formula is C18H18BrNO. The summed E-state index contributed by atoms with van der Waals surface area (Å²) in [6.07, 6.45) is 2.19. The van der Waals surface area contributed by atoms with Gasteiger partial charge in [-0.3, -0.25) is 0 Å². The highest BCUT2D eigenvalue weighted by molar-refractivity contribution is 9.10. The van der Waals surface area contributed by atoms with Gasteiger partial charge in [-0.15, -0.1) is 0 Å². The van der Waals surface area contributed by atoms with Gasteiger partial charge in [0.25, 0.3) is 0 Å². The van der Waals surface area contributed by atoms with Crippen LogP contribution in [0.4, 0.5) is 0 Å². The van der Waals surface area contributed by atoms with Crippen molar-refractivity contribution in [1.29, 1.82) is 0 Å². The summed E-state index contributed by atoms with van der Waals surface area (Å²) < 4.78 is 3.31. The standard InChI is InChI=1S/C18H18BrNO/c1-13(12-21)10-20-11-17(14-5-3-2-4-6-14)16-8-7-15(19)9-18(16)20/h2-9,11,13,21H,10,12H2,1H3/t13-/m0/s1. The molecule has 0 spiro atoms. The highest BCUT2D eigenvalue weighted by atomic mass is 79.9. The van der Waals surface area contributed by atoms with E-state index in [1.807, 2.05) is 6.07 Å². The molecule has 108 valence electrons. The van der Waals surface area contributed by atoms with Crippen LogP contribution in [0, 0.1) is 5.92 Å². The van der Waals surface area contributed by atoms with Gasteiger partial charge >= 0.3 is 0 Å². The lowest BCUT2D eigenvalue weighted by atomic mass is 10.1. The van der Waals surface area contributed by atoms with E-state index in [9.17, 15) is 5.11 Å². The van der Waals surface area contributed by atoms with E-state index in [-0.39, 0.29) is 12.5 Å². The van der Waals surface area contributed by atoms with E-state index in [0.29, 0.717) is 0 Å². The van der Waals surface area contributed by atoms with Crippen molar-refractivity contribution in [3.8, 4) is 11.1 Å². The first kappa shape index (κ1) is 14.4. The first-order valence-electron chi connectivity index (χ1n) is 7.13. The van der Waals surface area contributed by atoms with Gasteiger partial charge in [-0.05, 0) is 23.6 Å². The van der Waals surface area contributed by atoms with Crippen molar-refractivity contribution in [2.45, 2.75) is 13.5 Å². The molecule has 0 fully saturated rings. The number of hydrogen-bond acceptors (Lipinski definition) is 1. The number of benzene rings is 2. The maximum Gasteiger partial charge on any atom is 0.0498 e.